The highest BCUT2D eigenvalue weighted by atomic mass is 19.1. The van der Waals surface area contributed by atoms with Crippen LogP contribution in [0.5, 0.6) is 0 Å². The standard InChI is InChI=1S/C26H26F2N6O3/c1-26(11-14-35)23(36)33(24(29)31-17-30-2)12-13-34(26)25(37)32(3)22-20(27)15-19(16-21(22)28)10-9-18-7-5-4-6-8-18/h4-8,14-17H,11-13H2,1-3H3,(H2,29,30,31). The van der Waals surface area contributed by atoms with Crippen molar-refractivity contribution in [3.05, 3.63) is 65.2 Å². The molecule has 1 saturated heterocycles. The number of aliphatic imine (C=N–C) groups is 2. The van der Waals surface area contributed by atoms with Crippen molar-refractivity contribution in [1.82, 2.24) is 9.80 Å². The summed E-state index contributed by atoms with van der Waals surface area (Å²) in [6.07, 6.45) is 1.28. The van der Waals surface area contributed by atoms with Gasteiger partial charge < -0.3 is 15.4 Å². The second-order valence-corrected chi connectivity index (χ2v) is 8.36. The number of rotatable bonds is 4. The van der Waals surface area contributed by atoms with Crippen LogP contribution in [0.15, 0.2) is 52.4 Å². The van der Waals surface area contributed by atoms with Gasteiger partial charge in [0, 0.05) is 44.7 Å². The van der Waals surface area contributed by atoms with Gasteiger partial charge in [-0.3, -0.25) is 19.6 Å². The first kappa shape index (κ1) is 27.0. The van der Waals surface area contributed by atoms with Gasteiger partial charge in [0.2, 0.25) is 5.96 Å². The lowest BCUT2D eigenvalue weighted by Gasteiger charge is -2.47. The van der Waals surface area contributed by atoms with Gasteiger partial charge in [0.25, 0.3) is 5.91 Å². The first-order valence-electron chi connectivity index (χ1n) is 11.2. The van der Waals surface area contributed by atoms with Gasteiger partial charge in [0.15, 0.2) is 11.6 Å². The molecule has 9 nitrogen and oxygen atoms in total. The molecule has 0 aliphatic carbocycles. The Labute approximate surface area is 213 Å². The lowest BCUT2D eigenvalue weighted by Crippen LogP contribution is -2.69. The van der Waals surface area contributed by atoms with Crippen LogP contribution in [0.2, 0.25) is 0 Å². The summed E-state index contributed by atoms with van der Waals surface area (Å²) < 4.78 is 30.0. The second-order valence-electron chi connectivity index (χ2n) is 8.36. The molecule has 1 aliphatic heterocycles. The maximum absolute atomic E-state index is 15.0. The molecule has 11 heteroatoms. The molecule has 1 atom stereocenters. The van der Waals surface area contributed by atoms with E-state index >= 15 is 8.78 Å². The summed E-state index contributed by atoms with van der Waals surface area (Å²) in [7, 11) is 2.66. The summed E-state index contributed by atoms with van der Waals surface area (Å²) in [5, 5.41) is 0. The van der Waals surface area contributed by atoms with Crippen molar-refractivity contribution in [2.45, 2.75) is 18.9 Å². The number of benzene rings is 2. The quantitative estimate of drug-likeness (QED) is 0.296. The largest absolute Gasteiger partial charge is 0.369 e. The number of nitrogens with zero attached hydrogens (tertiary/aromatic N) is 5. The minimum absolute atomic E-state index is 0.0429. The summed E-state index contributed by atoms with van der Waals surface area (Å²) in [6, 6.07) is 10.1. The molecule has 1 fully saturated rings. The van der Waals surface area contributed by atoms with Gasteiger partial charge in [-0.25, -0.2) is 18.6 Å². The van der Waals surface area contributed by atoms with Crippen molar-refractivity contribution in [3.8, 4) is 11.8 Å². The first-order chi connectivity index (χ1) is 17.6. The predicted molar refractivity (Wildman–Crippen MR) is 136 cm³/mol. The molecule has 3 rings (SSSR count). The second kappa shape index (κ2) is 11.4. The number of guanidine groups is 1. The average Bonchev–Trinajstić information content (AvgIpc) is 2.87. The van der Waals surface area contributed by atoms with E-state index in [0.29, 0.717) is 11.8 Å². The number of carbonyl (C=O) groups is 3. The van der Waals surface area contributed by atoms with E-state index < -0.39 is 34.8 Å². The molecule has 0 aromatic heterocycles. The normalized spacial score (nSPS) is 18.0. The van der Waals surface area contributed by atoms with Crippen LogP contribution in [0.1, 0.15) is 24.5 Å². The molecule has 37 heavy (non-hydrogen) atoms. The van der Waals surface area contributed by atoms with Crippen molar-refractivity contribution in [2.75, 3.05) is 32.1 Å². The van der Waals surface area contributed by atoms with Crippen LogP contribution < -0.4 is 10.6 Å². The molecule has 0 bridgehead atoms. The molecule has 1 unspecified atom stereocenters. The zero-order valence-corrected chi connectivity index (χ0v) is 20.6. The SMILES string of the molecule is CN=CN=C(N)N1CCN(C(=O)N(C)c2c(F)cc(C#Cc3ccccc3)cc2F)C(C)(CC=O)C1=O. The molecular formula is C26H26F2N6O3. The Bertz CT molecular complexity index is 1300. The highest BCUT2D eigenvalue weighted by Crippen LogP contribution is 2.30. The molecular weight excluding hydrogens is 482 g/mol. The van der Waals surface area contributed by atoms with Crippen molar-refractivity contribution in [1.29, 1.82) is 0 Å². The smallest absolute Gasteiger partial charge is 0.325 e. The molecule has 2 N–H and O–H groups in total. The summed E-state index contributed by atoms with van der Waals surface area (Å²) >= 11 is 0. The van der Waals surface area contributed by atoms with Crippen LogP contribution in [0.4, 0.5) is 19.3 Å². The first-order valence-corrected chi connectivity index (χ1v) is 11.2. The van der Waals surface area contributed by atoms with Crippen LogP contribution >= 0.6 is 0 Å². The third-order valence-corrected chi connectivity index (χ3v) is 5.91. The van der Waals surface area contributed by atoms with E-state index in [1.165, 1.54) is 21.0 Å². The molecule has 3 amide bonds. The number of piperazine rings is 1. The minimum Gasteiger partial charge on any atom is -0.369 e. The van der Waals surface area contributed by atoms with Gasteiger partial charge in [-0.15, -0.1) is 0 Å². The molecule has 1 aliphatic rings. The van der Waals surface area contributed by atoms with Crippen molar-refractivity contribution in [3.63, 3.8) is 0 Å². The Morgan fingerprint density at radius 1 is 1.16 bits per heavy atom. The number of carbonyl (C=O) groups excluding carboxylic acids is 3. The fraction of sp³-hybridized carbons (Fsp3) is 0.269. The van der Waals surface area contributed by atoms with Crippen LogP contribution in [0.25, 0.3) is 0 Å². The average molecular weight is 509 g/mol. The lowest BCUT2D eigenvalue weighted by molar-refractivity contribution is -0.144. The van der Waals surface area contributed by atoms with E-state index in [9.17, 15) is 14.4 Å². The van der Waals surface area contributed by atoms with E-state index in [1.54, 1.807) is 24.3 Å². The fourth-order valence-corrected chi connectivity index (χ4v) is 3.93. The predicted octanol–water partition coefficient (Wildman–Crippen LogP) is 2.39. The maximum Gasteiger partial charge on any atom is 0.325 e. The summed E-state index contributed by atoms with van der Waals surface area (Å²) in [6.45, 7) is 1.28. The molecule has 2 aromatic carbocycles. The van der Waals surface area contributed by atoms with Crippen LogP contribution in [0.3, 0.4) is 0 Å². The molecule has 1 heterocycles. The fourth-order valence-electron chi connectivity index (χ4n) is 3.93. The Hall–Kier alpha value is -4.59. The Balaban J connectivity index is 1.90. The highest BCUT2D eigenvalue weighted by molar-refractivity contribution is 6.06. The van der Waals surface area contributed by atoms with Gasteiger partial charge in [-0.2, -0.15) is 0 Å². The Kier molecular flexibility index (Phi) is 8.34. The number of amides is 3. The van der Waals surface area contributed by atoms with Crippen molar-refractivity contribution < 1.29 is 23.2 Å². The number of urea groups is 1. The minimum atomic E-state index is -1.66. The Morgan fingerprint density at radius 2 is 1.78 bits per heavy atom. The summed E-state index contributed by atoms with van der Waals surface area (Å²) in [4.78, 5) is 48.7. The number of nitrogens with two attached hydrogens (primary N) is 1. The van der Waals surface area contributed by atoms with Crippen LogP contribution in [-0.2, 0) is 9.59 Å². The molecule has 0 saturated carbocycles. The third-order valence-electron chi connectivity index (χ3n) is 5.91. The van der Waals surface area contributed by atoms with Gasteiger partial charge in [0.05, 0.1) is 0 Å². The summed E-state index contributed by atoms with van der Waals surface area (Å²) in [5.74, 6) is 2.69. The maximum atomic E-state index is 15.0. The molecule has 2 aromatic rings. The van der Waals surface area contributed by atoms with E-state index in [2.05, 4.69) is 21.8 Å². The number of halogens is 2. The van der Waals surface area contributed by atoms with Crippen LogP contribution in [-0.4, -0.2) is 73.0 Å². The van der Waals surface area contributed by atoms with Crippen molar-refractivity contribution >= 4 is 36.2 Å². The van der Waals surface area contributed by atoms with Gasteiger partial charge in [-0.1, -0.05) is 30.0 Å². The van der Waals surface area contributed by atoms with E-state index in [1.807, 2.05) is 6.07 Å². The number of hydrogen-bond acceptors (Lipinski definition) is 4. The number of anilines is 1. The van der Waals surface area contributed by atoms with Crippen molar-refractivity contribution in [2.24, 2.45) is 15.7 Å². The van der Waals surface area contributed by atoms with E-state index in [4.69, 9.17) is 5.73 Å². The zero-order chi connectivity index (χ0) is 27.2. The number of aldehydes is 1. The highest BCUT2D eigenvalue weighted by Gasteiger charge is 2.49. The molecule has 192 valence electrons. The third kappa shape index (κ3) is 5.64. The van der Waals surface area contributed by atoms with E-state index in [-0.39, 0.29) is 31.0 Å². The molecule has 0 spiro atoms. The Morgan fingerprint density at radius 3 is 2.38 bits per heavy atom. The number of hydrogen-bond donors (Lipinski definition) is 1. The van der Waals surface area contributed by atoms with Gasteiger partial charge >= 0.3 is 6.03 Å². The monoisotopic (exact) mass is 508 g/mol. The lowest BCUT2D eigenvalue weighted by atomic mass is 9.92. The van der Waals surface area contributed by atoms with Gasteiger partial charge in [0.1, 0.15) is 23.9 Å². The van der Waals surface area contributed by atoms with Gasteiger partial charge in [-0.05, 0) is 31.2 Å². The molecule has 0 radical (unpaired) electrons. The zero-order valence-electron chi connectivity index (χ0n) is 20.6. The topological polar surface area (TPSA) is 112 Å². The van der Waals surface area contributed by atoms with Crippen LogP contribution in [0, 0.1) is 23.5 Å². The van der Waals surface area contributed by atoms with E-state index in [0.717, 1.165) is 33.2 Å². The summed E-state index contributed by atoms with van der Waals surface area (Å²) in [5.41, 5.74) is 4.36.